The van der Waals surface area contributed by atoms with Crippen molar-refractivity contribution in [2.24, 2.45) is 28.5 Å². The van der Waals surface area contributed by atoms with Crippen LogP contribution in [-0.4, -0.2) is 12.4 Å². The van der Waals surface area contributed by atoms with Gasteiger partial charge in [0.05, 0.1) is 5.84 Å². The highest BCUT2D eigenvalue weighted by molar-refractivity contribution is 5.83. The zero-order valence-corrected chi connectivity index (χ0v) is 9.09. The van der Waals surface area contributed by atoms with E-state index in [0.717, 1.165) is 18.3 Å². The number of amidine groups is 1. The molecule has 1 aliphatic carbocycles. The lowest BCUT2D eigenvalue weighted by Crippen LogP contribution is -2.22. The second-order valence-corrected chi connectivity index (χ2v) is 4.77. The van der Waals surface area contributed by atoms with E-state index in [1.165, 1.54) is 19.3 Å². The molecular weight excluding hydrogens is 160 g/mol. The van der Waals surface area contributed by atoms with Crippen LogP contribution in [0.5, 0.6) is 0 Å². The van der Waals surface area contributed by atoms with Crippen molar-refractivity contribution >= 4 is 5.84 Å². The fourth-order valence-corrected chi connectivity index (χ4v) is 1.89. The van der Waals surface area contributed by atoms with E-state index < -0.39 is 0 Å². The van der Waals surface area contributed by atoms with E-state index in [4.69, 9.17) is 5.73 Å². The monoisotopic (exact) mass is 182 g/mol. The number of hydrogen-bond donors (Lipinski definition) is 1. The molecule has 1 fully saturated rings. The fraction of sp³-hybridized carbons (Fsp3) is 0.909. The lowest BCUT2D eigenvalue weighted by atomic mass is 10.1. The lowest BCUT2D eigenvalue weighted by molar-refractivity contribution is 0.592. The molecule has 0 spiro atoms. The highest BCUT2D eigenvalue weighted by atomic mass is 14.9. The Hall–Kier alpha value is -0.530. The van der Waals surface area contributed by atoms with Gasteiger partial charge in [0.1, 0.15) is 0 Å². The Morgan fingerprint density at radius 2 is 2.15 bits per heavy atom. The number of hydrogen-bond acceptors (Lipinski definition) is 1. The van der Waals surface area contributed by atoms with Crippen LogP contribution in [-0.2, 0) is 0 Å². The molecular formula is C11H22N2. The Bertz CT molecular complexity index is 185. The minimum Gasteiger partial charge on any atom is -0.387 e. The van der Waals surface area contributed by atoms with Crippen LogP contribution in [0.2, 0.25) is 0 Å². The molecule has 0 aliphatic heterocycles. The van der Waals surface area contributed by atoms with Gasteiger partial charge in [-0.1, -0.05) is 20.8 Å². The van der Waals surface area contributed by atoms with Gasteiger partial charge in [-0.3, -0.25) is 4.99 Å². The van der Waals surface area contributed by atoms with Crippen molar-refractivity contribution in [1.29, 1.82) is 0 Å². The maximum absolute atomic E-state index is 5.94. The molecule has 0 aromatic carbocycles. The van der Waals surface area contributed by atoms with E-state index in [1.54, 1.807) is 0 Å². The third-order valence-electron chi connectivity index (χ3n) is 2.75. The van der Waals surface area contributed by atoms with Gasteiger partial charge in [-0.15, -0.1) is 0 Å². The van der Waals surface area contributed by atoms with Gasteiger partial charge in [0, 0.05) is 12.5 Å². The molecule has 2 unspecified atom stereocenters. The quantitative estimate of drug-likeness (QED) is 0.528. The highest BCUT2D eigenvalue weighted by Crippen LogP contribution is 2.30. The number of rotatable bonds is 3. The summed E-state index contributed by atoms with van der Waals surface area (Å²) < 4.78 is 0. The molecule has 1 saturated carbocycles. The zero-order chi connectivity index (χ0) is 9.84. The molecule has 2 heteroatoms. The summed E-state index contributed by atoms with van der Waals surface area (Å²) in [5, 5.41) is 0. The van der Waals surface area contributed by atoms with Crippen molar-refractivity contribution in [1.82, 2.24) is 0 Å². The lowest BCUT2D eigenvalue weighted by Gasteiger charge is -2.09. The van der Waals surface area contributed by atoms with Crippen molar-refractivity contribution in [3.63, 3.8) is 0 Å². The zero-order valence-electron chi connectivity index (χ0n) is 9.09. The second kappa shape index (κ2) is 4.64. The largest absolute Gasteiger partial charge is 0.387 e. The number of nitrogens with two attached hydrogens (primary N) is 1. The van der Waals surface area contributed by atoms with Gasteiger partial charge >= 0.3 is 0 Å². The van der Waals surface area contributed by atoms with Crippen molar-refractivity contribution < 1.29 is 0 Å². The van der Waals surface area contributed by atoms with Crippen molar-refractivity contribution in [2.75, 3.05) is 6.54 Å². The molecule has 0 heterocycles. The first-order chi connectivity index (χ1) is 6.09. The van der Waals surface area contributed by atoms with Gasteiger partial charge in [0.25, 0.3) is 0 Å². The first-order valence-electron chi connectivity index (χ1n) is 5.39. The van der Waals surface area contributed by atoms with E-state index in [2.05, 4.69) is 25.8 Å². The Balaban J connectivity index is 2.38. The van der Waals surface area contributed by atoms with Gasteiger partial charge < -0.3 is 5.73 Å². The van der Waals surface area contributed by atoms with Crippen LogP contribution >= 0.6 is 0 Å². The molecule has 0 aromatic heterocycles. The minimum atomic E-state index is 0.578. The summed E-state index contributed by atoms with van der Waals surface area (Å²) in [5.74, 6) is 2.95. The summed E-state index contributed by atoms with van der Waals surface area (Å²) in [6, 6.07) is 0. The van der Waals surface area contributed by atoms with E-state index in [9.17, 15) is 0 Å². The standard InChI is InChI=1S/C11H22N2/c1-8(2)7-13-11(12)10-5-4-9(3)6-10/h8-10H,4-7H2,1-3H3,(H2,12,13). The SMILES string of the molecule is CC(C)CN=C(N)C1CCC(C)C1. The summed E-state index contributed by atoms with van der Waals surface area (Å²) in [7, 11) is 0. The minimum absolute atomic E-state index is 0.578. The molecule has 0 radical (unpaired) electrons. The number of nitrogens with zero attached hydrogens (tertiary/aromatic N) is 1. The molecule has 2 nitrogen and oxygen atoms in total. The number of aliphatic imine (C=N–C) groups is 1. The van der Waals surface area contributed by atoms with E-state index >= 15 is 0 Å². The topological polar surface area (TPSA) is 38.4 Å². The second-order valence-electron chi connectivity index (χ2n) is 4.77. The molecule has 2 atom stereocenters. The van der Waals surface area contributed by atoms with Crippen LogP contribution in [0.1, 0.15) is 40.0 Å². The van der Waals surface area contributed by atoms with Crippen LogP contribution in [0, 0.1) is 17.8 Å². The molecule has 76 valence electrons. The smallest absolute Gasteiger partial charge is 0.0968 e. The maximum Gasteiger partial charge on any atom is 0.0968 e. The van der Waals surface area contributed by atoms with Crippen LogP contribution in [0.25, 0.3) is 0 Å². The van der Waals surface area contributed by atoms with E-state index in [1.807, 2.05) is 0 Å². The van der Waals surface area contributed by atoms with Gasteiger partial charge in [-0.2, -0.15) is 0 Å². The predicted molar refractivity (Wildman–Crippen MR) is 57.8 cm³/mol. The summed E-state index contributed by atoms with van der Waals surface area (Å²) >= 11 is 0. The molecule has 1 rings (SSSR count). The Kier molecular flexibility index (Phi) is 3.76. The summed E-state index contributed by atoms with van der Waals surface area (Å²) in [4.78, 5) is 4.43. The Morgan fingerprint density at radius 1 is 1.46 bits per heavy atom. The molecule has 0 amide bonds. The normalized spacial score (nSPS) is 30.0. The van der Waals surface area contributed by atoms with Crippen LogP contribution in [0.3, 0.4) is 0 Å². The maximum atomic E-state index is 5.94. The van der Waals surface area contributed by atoms with Gasteiger partial charge in [0.2, 0.25) is 0 Å². The fourth-order valence-electron chi connectivity index (χ4n) is 1.89. The van der Waals surface area contributed by atoms with Crippen molar-refractivity contribution in [3.8, 4) is 0 Å². The molecule has 0 saturated heterocycles. The Morgan fingerprint density at radius 3 is 2.62 bits per heavy atom. The van der Waals surface area contributed by atoms with Gasteiger partial charge in [0.15, 0.2) is 0 Å². The average Bonchev–Trinajstić information content (AvgIpc) is 2.47. The van der Waals surface area contributed by atoms with Crippen LogP contribution in [0.15, 0.2) is 4.99 Å². The Labute approximate surface area is 81.6 Å². The third-order valence-corrected chi connectivity index (χ3v) is 2.75. The van der Waals surface area contributed by atoms with E-state index in [-0.39, 0.29) is 0 Å². The predicted octanol–water partition coefficient (Wildman–Crippen LogP) is 2.44. The first-order valence-corrected chi connectivity index (χ1v) is 5.39. The van der Waals surface area contributed by atoms with E-state index in [0.29, 0.717) is 11.8 Å². The highest BCUT2D eigenvalue weighted by Gasteiger charge is 2.23. The van der Waals surface area contributed by atoms with Crippen LogP contribution in [0.4, 0.5) is 0 Å². The molecule has 13 heavy (non-hydrogen) atoms. The summed E-state index contributed by atoms with van der Waals surface area (Å²) in [6.45, 7) is 7.54. The third kappa shape index (κ3) is 3.37. The summed E-state index contributed by atoms with van der Waals surface area (Å²) in [6.07, 6.45) is 3.81. The molecule has 1 aliphatic rings. The summed E-state index contributed by atoms with van der Waals surface area (Å²) in [5.41, 5.74) is 5.94. The van der Waals surface area contributed by atoms with Crippen molar-refractivity contribution in [2.45, 2.75) is 40.0 Å². The molecule has 0 aromatic rings. The molecule has 0 bridgehead atoms. The first kappa shape index (κ1) is 10.6. The average molecular weight is 182 g/mol. The molecule has 2 N–H and O–H groups in total. The van der Waals surface area contributed by atoms with Gasteiger partial charge in [-0.05, 0) is 31.1 Å². The van der Waals surface area contributed by atoms with Crippen molar-refractivity contribution in [3.05, 3.63) is 0 Å². The van der Waals surface area contributed by atoms with Crippen LogP contribution < -0.4 is 5.73 Å². The van der Waals surface area contributed by atoms with Gasteiger partial charge in [-0.25, -0.2) is 0 Å².